The molecular formula is C12H25N3S. The van der Waals surface area contributed by atoms with Crippen molar-refractivity contribution in [1.82, 2.24) is 9.80 Å². The maximum atomic E-state index is 5.61. The summed E-state index contributed by atoms with van der Waals surface area (Å²) in [5.74, 6) is 0.326. The quantitative estimate of drug-likeness (QED) is 0.684. The van der Waals surface area contributed by atoms with Crippen LogP contribution in [-0.4, -0.2) is 54.6 Å². The van der Waals surface area contributed by atoms with Gasteiger partial charge in [0, 0.05) is 12.5 Å². The topological polar surface area (TPSA) is 32.5 Å². The summed E-state index contributed by atoms with van der Waals surface area (Å²) in [5, 5.41) is 0. The smallest absolute Gasteiger partial charge is 0.0768 e. The third-order valence-electron chi connectivity index (χ3n) is 3.28. The standard InChI is InChI=1S/C12H25N3S/c1-11(12(13)16)10-14(2)6-5-9-15-7-3-4-8-15/h11H,3-10H2,1-2H3,(H2,13,16). The van der Waals surface area contributed by atoms with Gasteiger partial charge in [-0.25, -0.2) is 0 Å². The van der Waals surface area contributed by atoms with Crippen LogP contribution in [0.3, 0.4) is 0 Å². The van der Waals surface area contributed by atoms with Crippen LogP contribution in [0, 0.1) is 5.92 Å². The molecule has 0 aromatic rings. The van der Waals surface area contributed by atoms with E-state index in [-0.39, 0.29) is 0 Å². The fourth-order valence-corrected chi connectivity index (χ4v) is 2.29. The van der Waals surface area contributed by atoms with Gasteiger partial charge in [0.2, 0.25) is 0 Å². The molecule has 0 bridgehead atoms. The summed E-state index contributed by atoms with van der Waals surface area (Å²) in [6.45, 7) is 8.06. The minimum absolute atomic E-state index is 0.326. The zero-order chi connectivity index (χ0) is 12.0. The van der Waals surface area contributed by atoms with Crippen molar-refractivity contribution in [2.24, 2.45) is 11.7 Å². The van der Waals surface area contributed by atoms with Gasteiger partial charge in [0.05, 0.1) is 4.99 Å². The Bertz CT molecular complexity index is 214. The van der Waals surface area contributed by atoms with Crippen LogP contribution in [0.15, 0.2) is 0 Å². The second-order valence-corrected chi connectivity index (χ2v) is 5.44. The van der Waals surface area contributed by atoms with E-state index in [1.54, 1.807) is 0 Å². The van der Waals surface area contributed by atoms with Gasteiger partial charge in [-0.3, -0.25) is 0 Å². The molecule has 94 valence electrons. The Morgan fingerprint density at radius 2 is 2.06 bits per heavy atom. The molecule has 1 rings (SSSR count). The lowest BCUT2D eigenvalue weighted by molar-refractivity contribution is 0.271. The number of hydrogen-bond donors (Lipinski definition) is 1. The highest BCUT2D eigenvalue weighted by Gasteiger charge is 2.12. The highest BCUT2D eigenvalue weighted by Crippen LogP contribution is 2.07. The Kier molecular flexibility index (Phi) is 6.24. The van der Waals surface area contributed by atoms with Crippen LogP contribution in [0.25, 0.3) is 0 Å². The molecule has 0 aromatic carbocycles. The Labute approximate surface area is 105 Å². The van der Waals surface area contributed by atoms with Crippen LogP contribution in [0.1, 0.15) is 26.2 Å². The van der Waals surface area contributed by atoms with Crippen molar-refractivity contribution < 1.29 is 0 Å². The fraction of sp³-hybridized carbons (Fsp3) is 0.917. The van der Waals surface area contributed by atoms with Gasteiger partial charge in [0.1, 0.15) is 0 Å². The van der Waals surface area contributed by atoms with Crippen molar-refractivity contribution in [3.8, 4) is 0 Å². The van der Waals surface area contributed by atoms with E-state index >= 15 is 0 Å². The third kappa shape index (κ3) is 5.23. The zero-order valence-corrected chi connectivity index (χ0v) is 11.4. The number of thiocarbonyl (C=S) groups is 1. The van der Waals surface area contributed by atoms with E-state index in [2.05, 4.69) is 23.8 Å². The molecule has 0 aliphatic carbocycles. The Hall–Kier alpha value is -0.190. The Morgan fingerprint density at radius 1 is 1.44 bits per heavy atom. The molecule has 0 radical (unpaired) electrons. The predicted molar refractivity (Wildman–Crippen MR) is 73.7 cm³/mol. The predicted octanol–water partition coefficient (Wildman–Crippen LogP) is 1.33. The van der Waals surface area contributed by atoms with E-state index in [0.29, 0.717) is 10.9 Å². The maximum absolute atomic E-state index is 5.61. The molecule has 1 unspecified atom stereocenters. The van der Waals surface area contributed by atoms with E-state index in [1.165, 1.54) is 38.9 Å². The Balaban J connectivity index is 2.05. The van der Waals surface area contributed by atoms with Crippen molar-refractivity contribution in [1.29, 1.82) is 0 Å². The van der Waals surface area contributed by atoms with E-state index < -0.39 is 0 Å². The summed E-state index contributed by atoms with van der Waals surface area (Å²) >= 11 is 4.98. The summed E-state index contributed by atoms with van der Waals surface area (Å²) in [5.41, 5.74) is 5.61. The minimum Gasteiger partial charge on any atom is -0.393 e. The molecule has 0 saturated carbocycles. The van der Waals surface area contributed by atoms with Crippen molar-refractivity contribution in [2.45, 2.75) is 26.2 Å². The largest absolute Gasteiger partial charge is 0.393 e. The molecule has 0 aromatic heterocycles. The van der Waals surface area contributed by atoms with Crippen molar-refractivity contribution >= 4 is 17.2 Å². The molecule has 2 N–H and O–H groups in total. The van der Waals surface area contributed by atoms with E-state index in [9.17, 15) is 0 Å². The average molecular weight is 243 g/mol. The van der Waals surface area contributed by atoms with Gasteiger partial charge in [0.25, 0.3) is 0 Å². The summed E-state index contributed by atoms with van der Waals surface area (Å²) in [4.78, 5) is 5.52. The average Bonchev–Trinajstić information content (AvgIpc) is 2.70. The van der Waals surface area contributed by atoms with E-state index in [4.69, 9.17) is 18.0 Å². The lowest BCUT2D eigenvalue weighted by atomic mass is 10.1. The first-order valence-corrected chi connectivity index (χ1v) is 6.70. The third-order valence-corrected chi connectivity index (χ3v) is 3.69. The van der Waals surface area contributed by atoms with E-state index in [1.807, 2.05) is 0 Å². The normalized spacial score (nSPS) is 19.2. The number of hydrogen-bond acceptors (Lipinski definition) is 3. The van der Waals surface area contributed by atoms with Crippen LogP contribution in [0.5, 0.6) is 0 Å². The Morgan fingerprint density at radius 3 is 2.62 bits per heavy atom. The second-order valence-electron chi connectivity index (χ2n) is 4.97. The monoisotopic (exact) mass is 243 g/mol. The van der Waals surface area contributed by atoms with Crippen LogP contribution < -0.4 is 5.73 Å². The fourth-order valence-electron chi connectivity index (χ4n) is 2.22. The summed E-state index contributed by atoms with van der Waals surface area (Å²) in [6.07, 6.45) is 4.02. The number of rotatable bonds is 7. The number of likely N-dealkylation sites (tertiary alicyclic amines) is 1. The first-order chi connectivity index (χ1) is 7.59. The highest BCUT2D eigenvalue weighted by molar-refractivity contribution is 7.80. The van der Waals surface area contributed by atoms with Crippen LogP contribution >= 0.6 is 12.2 Å². The molecule has 0 spiro atoms. The first kappa shape index (κ1) is 13.9. The lowest BCUT2D eigenvalue weighted by Crippen LogP contribution is -2.33. The number of nitrogens with zero attached hydrogens (tertiary/aromatic N) is 2. The lowest BCUT2D eigenvalue weighted by Gasteiger charge is -2.22. The van der Waals surface area contributed by atoms with Gasteiger partial charge in [-0.15, -0.1) is 0 Å². The van der Waals surface area contributed by atoms with Gasteiger partial charge in [-0.1, -0.05) is 19.1 Å². The SMILES string of the molecule is CC(CN(C)CCCN1CCCC1)C(N)=S. The highest BCUT2D eigenvalue weighted by atomic mass is 32.1. The molecule has 1 fully saturated rings. The molecule has 1 atom stereocenters. The van der Waals surface area contributed by atoms with Crippen molar-refractivity contribution in [2.75, 3.05) is 39.8 Å². The summed E-state index contributed by atoms with van der Waals surface area (Å²) < 4.78 is 0. The molecule has 3 nitrogen and oxygen atoms in total. The van der Waals surface area contributed by atoms with Crippen LogP contribution in [0.4, 0.5) is 0 Å². The van der Waals surface area contributed by atoms with Gasteiger partial charge >= 0.3 is 0 Å². The molecule has 16 heavy (non-hydrogen) atoms. The molecule has 1 aliphatic heterocycles. The zero-order valence-electron chi connectivity index (χ0n) is 10.6. The maximum Gasteiger partial charge on any atom is 0.0768 e. The van der Waals surface area contributed by atoms with Gasteiger partial charge in [0.15, 0.2) is 0 Å². The molecule has 1 heterocycles. The second kappa shape index (κ2) is 7.20. The first-order valence-electron chi connectivity index (χ1n) is 6.30. The summed E-state index contributed by atoms with van der Waals surface area (Å²) in [6, 6.07) is 0. The molecular weight excluding hydrogens is 218 g/mol. The van der Waals surface area contributed by atoms with Crippen molar-refractivity contribution in [3.05, 3.63) is 0 Å². The minimum atomic E-state index is 0.326. The number of nitrogens with two attached hydrogens (primary N) is 1. The molecule has 1 aliphatic rings. The molecule has 0 amide bonds. The van der Waals surface area contributed by atoms with Gasteiger partial charge in [-0.05, 0) is 52.5 Å². The summed E-state index contributed by atoms with van der Waals surface area (Å²) in [7, 11) is 2.15. The molecule has 1 saturated heterocycles. The van der Waals surface area contributed by atoms with Crippen LogP contribution in [-0.2, 0) is 0 Å². The van der Waals surface area contributed by atoms with Crippen LogP contribution in [0.2, 0.25) is 0 Å². The van der Waals surface area contributed by atoms with Gasteiger partial charge in [-0.2, -0.15) is 0 Å². The van der Waals surface area contributed by atoms with Crippen molar-refractivity contribution in [3.63, 3.8) is 0 Å². The van der Waals surface area contributed by atoms with Gasteiger partial charge < -0.3 is 15.5 Å². The van der Waals surface area contributed by atoms with E-state index in [0.717, 1.165) is 13.1 Å². The molecule has 4 heteroatoms.